The number of aromatic nitrogens is 3. The first-order chi connectivity index (χ1) is 10.9. The quantitative estimate of drug-likeness (QED) is 0.732. The Bertz CT molecular complexity index is 853. The van der Waals surface area contributed by atoms with Crippen LogP contribution in [-0.4, -0.2) is 14.8 Å². The van der Waals surface area contributed by atoms with E-state index < -0.39 is 11.7 Å². The fourth-order valence-corrected chi connectivity index (χ4v) is 2.39. The molecule has 0 unspecified atom stereocenters. The van der Waals surface area contributed by atoms with Crippen molar-refractivity contribution in [2.24, 2.45) is 7.05 Å². The topological polar surface area (TPSA) is 56.7 Å². The van der Waals surface area contributed by atoms with E-state index in [9.17, 15) is 13.2 Å². The fourth-order valence-electron chi connectivity index (χ4n) is 2.39. The van der Waals surface area contributed by atoms with Crippen LogP contribution in [0.1, 0.15) is 5.56 Å². The van der Waals surface area contributed by atoms with Gasteiger partial charge < -0.3 is 10.3 Å². The van der Waals surface area contributed by atoms with E-state index >= 15 is 0 Å². The van der Waals surface area contributed by atoms with Crippen molar-refractivity contribution < 1.29 is 13.2 Å². The minimum atomic E-state index is -4.42. The van der Waals surface area contributed by atoms with Gasteiger partial charge in [-0.25, -0.2) is 0 Å². The second-order valence-electron chi connectivity index (χ2n) is 5.15. The minimum Gasteiger partial charge on any atom is -0.399 e. The Labute approximate surface area is 130 Å². The number of hydrogen-bond donors (Lipinski definition) is 1. The summed E-state index contributed by atoms with van der Waals surface area (Å²) in [4.78, 5) is 0. The molecule has 23 heavy (non-hydrogen) atoms. The second kappa shape index (κ2) is 5.42. The molecule has 4 nitrogen and oxygen atoms in total. The highest BCUT2D eigenvalue weighted by Crippen LogP contribution is 2.37. The molecular weight excluding hydrogens is 305 g/mol. The van der Waals surface area contributed by atoms with Crippen LogP contribution in [0.3, 0.4) is 0 Å². The molecule has 0 saturated carbocycles. The molecule has 0 amide bonds. The van der Waals surface area contributed by atoms with Crippen LogP contribution >= 0.6 is 0 Å². The van der Waals surface area contributed by atoms with Crippen LogP contribution in [0.5, 0.6) is 0 Å². The molecule has 0 atom stereocenters. The van der Waals surface area contributed by atoms with E-state index in [1.807, 2.05) is 0 Å². The van der Waals surface area contributed by atoms with Crippen LogP contribution < -0.4 is 5.73 Å². The summed E-state index contributed by atoms with van der Waals surface area (Å²) in [7, 11) is 1.73. The molecule has 0 aliphatic heterocycles. The predicted octanol–water partition coefficient (Wildman–Crippen LogP) is 3.75. The van der Waals surface area contributed by atoms with Gasteiger partial charge in [0.2, 0.25) is 0 Å². The highest BCUT2D eigenvalue weighted by atomic mass is 19.4. The third-order valence-electron chi connectivity index (χ3n) is 3.50. The lowest BCUT2D eigenvalue weighted by molar-refractivity contribution is -0.137. The summed E-state index contributed by atoms with van der Waals surface area (Å²) in [5.41, 5.74) is 7.07. The molecule has 118 valence electrons. The van der Waals surface area contributed by atoms with E-state index in [0.29, 0.717) is 28.2 Å². The van der Waals surface area contributed by atoms with Gasteiger partial charge in [0.25, 0.3) is 0 Å². The van der Waals surface area contributed by atoms with Gasteiger partial charge in [-0.1, -0.05) is 12.1 Å². The number of benzene rings is 2. The van der Waals surface area contributed by atoms with Gasteiger partial charge in [0, 0.05) is 18.3 Å². The van der Waals surface area contributed by atoms with Gasteiger partial charge >= 0.3 is 6.18 Å². The number of aryl methyl sites for hydroxylation is 1. The van der Waals surface area contributed by atoms with Crippen LogP contribution in [0, 0.1) is 0 Å². The molecule has 0 saturated heterocycles. The Morgan fingerprint density at radius 3 is 2.43 bits per heavy atom. The first-order valence-electron chi connectivity index (χ1n) is 6.78. The Balaban J connectivity index is 2.26. The molecule has 3 rings (SSSR count). The number of nitrogens with zero attached hydrogens (tertiary/aromatic N) is 3. The van der Waals surface area contributed by atoms with Crippen LogP contribution in [0.4, 0.5) is 18.9 Å². The van der Waals surface area contributed by atoms with Gasteiger partial charge in [0.05, 0.1) is 5.56 Å². The zero-order chi connectivity index (χ0) is 16.6. The van der Waals surface area contributed by atoms with Crippen molar-refractivity contribution in [3.05, 3.63) is 54.4 Å². The van der Waals surface area contributed by atoms with Crippen molar-refractivity contribution in [1.29, 1.82) is 0 Å². The van der Waals surface area contributed by atoms with Gasteiger partial charge in [-0.3, -0.25) is 0 Å². The maximum absolute atomic E-state index is 13.1. The Hall–Kier alpha value is -2.83. The number of nitrogen functional groups attached to an aromatic ring is 1. The van der Waals surface area contributed by atoms with Gasteiger partial charge in [-0.2, -0.15) is 13.2 Å². The van der Waals surface area contributed by atoms with Crippen molar-refractivity contribution in [3.8, 4) is 22.5 Å². The largest absolute Gasteiger partial charge is 0.416 e. The van der Waals surface area contributed by atoms with Gasteiger partial charge in [-0.05, 0) is 41.5 Å². The zero-order valence-electron chi connectivity index (χ0n) is 12.2. The highest BCUT2D eigenvalue weighted by Gasteiger charge is 2.31. The van der Waals surface area contributed by atoms with E-state index in [2.05, 4.69) is 10.2 Å². The molecule has 1 heterocycles. The monoisotopic (exact) mass is 318 g/mol. The summed E-state index contributed by atoms with van der Waals surface area (Å²) in [6.45, 7) is 0. The number of rotatable bonds is 2. The SMILES string of the molecule is Cn1cnnc1-c1ccc(C(F)(F)F)cc1-c1cccc(N)c1. The Kier molecular flexibility index (Phi) is 3.55. The van der Waals surface area contributed by atoms with Gasteiger partial charge in [0.1, 0.15) is 6.33 Å². The van der Waals surface area contributed by atoms with Crippen LogP contribution in [0.2, 0.25) is 0 Å². The summed E-state index contributed by atoms with van der Waals surface area (Å²) in [6, 6.07) is 10.3. The number of anilines is 1. The number of hydrogen-bond acceptors (Lipinski definition) is 3. The van der Waals surface area contributed by atoms with Gasteiger partial charge in [-0.15, -0.1) is 10.2 Å². The molecule has 3 aromatic rings. The van der Waals surface area contributed by atoms with E-state index in [-0.39, 0.29) is 0 Å². The summed E-state index contributed by atoms with van der Waals surface area (Å²) in [5, 5.41) is 7.77. The van der Waals surface area contributed by atoms with Crippen molar-refractivity contribution in [3.63, 3.8) is 0 Å². The fraction of sp³-hybridized carbons (Fsp3) is 0.125. The zero-order valence-corrected chi connectivity index (χ0v) is 12.2. The summed E-state index contributed by atoms with van der Waals surface area (Å²) >= 11 is 0. The first kappa shape index (κ1) is 15.1. The second-order valence-corrected chi connectivity index (χ2v) is 5.15. The van der Waals surface area contributed by atoms with Gasteiger partial charge in [0.15, 0.2) is 5.82 Å². The Morgan fingerprint density at radius 1 is 1.04 bits per heavy atom. The normalized spacial score (nSPS) is 11.7. The molecule has 0 bridgehead atoms. The molecule has 0 aliphatic carbocycles. The maximum atomic E-state index is 13.1. The molecule has 0 spiro atoms. The van der Waals surface area contributed by atoms with Crippen molar-refractivity contribution in [2.75, 3.05) is 5.73 Å². The number of halogens is 3. The maximum Gasteiger partial charge on any atom is 0.416 e. The van der Waals surface area contributed by atoms with E-state index in [1.54, 1.807) is 35.9 Å². The standard InChI is InChI=1S/C16H13F3N4/c1-23-9-21-22-15(23)13-6-5-11(16(17,18)19)8-14(13)10-3-2-4-12(20)7-10/h2-9H,20H2,1H3. The predicted molar refractivity (Wildman–Crippen MR) is 81.3 cm³/mol. The van der Waals surface area contributed by atoms with Crippen molar-refractivity contribution in [1.82, 2.24) is 14.8 Å². The minimum absolute atomic E-state index is 0.406. The van der Waals surface area contributed by atoms with Crippen molar-refractivity contribution >= 4 is 5.69 Å². The highest BCUT2D eigenvalue weighted by molar-refractivity contribution is 5.82. The number of alkyl halides is 3. The summed E-state index contributed by atoms with van der Waals surface area (Å²) in [6.07, 6.45) is -2.93. The van der Waals surface area contributed by atoms with Crippen molar-refractivity contribution in [2.45, 2.75) is 6.18 Å². The van der Waals surface area contributed by atoms with Crippen LogP contribution in [0.15, 0.2) is 48.8 Å². The lowest BCUT2D eigenvalue weighted by atomic mass is 9.96. The summed E-state index contributed by atoms with van der Waals surface area (Å²) < 4.78 is 40.8. The van der Waals surface area contributed by atoms with E-state index in [4.69, 9.17) is 5.73 Å². The lowest BCUT2D eigenvalue weighted by Crippen LogP contribution is -2.06. The Morgan fingerprint density at radius 2 is 1.83 bits per heavy atom. The molecule has 0 fully saturated rings. The third-order valence-corrected chi connectivity index (χ3v) is 3.50. The van der Waals surface area contributed by atoms with E-state index in [1.165, 1.54) is 12.4 Å². The van der Waals surface area contributed by atoms with Crippen LogP contribution in [-0.2, 0) is 13.2 Å². The smallest absolute Gasteiger partial charge is 0.399 e. The molecule has 0 radical (unpaired) electrons. The summed E-state index contributed by atoms with van der Waals surface area (Å²) in [5.74, 6) is 0.483. The van der Waals surface area contributed by atoms with Crippen LogP contribution in [0.25, 0.3) is 22.5 Å². The molecule has 7 heteroatoms. The molecular formula is C16H13F3N4. The molecule has 2 N–H and O–H groups in total. The molecule has 0 aliphatic rings. The molecule has 1 aromatic heterocycles. The first-order valence-corrected chi connectivity index (χ1v) is 6.78. The average molecular weight is 318 g/mol. The number of nitrogens with two attached hydrogens (primary N) is 1. The third kappa shape index (κ3) is 2.90. The molecule has 2 aromatic carbocycles. The lowest BCUT2D eigenvalue weighted by Gasteiger charge is -2.14. The average Bonchev–Trinajstić information content (AvgIpc) is 2.92. The van der Waals surface area contributed by atoms with E-state index in [0.717, 1.165) is 12.1 Å².